The van der Waals surface area contributed by atoms with Crippen molar-refractivity contribution in [2.45, 2.75) is 69.1 Å². The molecule has 3 heterocycles. The predicted octanol–water partition coefficient (Wildman–Crippen LogP) is 4.01. The maximum Gasteiger partial charge on any atom is 0.328 e. The minimum atomic E-state index is -1.63. The van der Waals surface area contributed by atoms with Gasteiger partial charge in [-0.25, -0.2) is 4.79 Å². The number of carbonyl (C=O) groups excluding carboxylic acids is 6. The fourth-order valence-electron chi connectivity index (χ4n) is 7.23. The van der Waals surface area contributed by atoms with Gasteiger partial charge in [-0.15, -0.1) is 11.3 Å². The van der Waals surface area contributed by atoms with Crippen LogP contribution in [0.4, 0.5) is 5.69 Å². The molecular formula is C48H49N5O9S. The van der Waals surface area contributed by atoms with Gasteiger partial charge in [-0.3, -0.25) is 28.8 Å². The average molecular weight is 872 g/mol. The summed E-state index contributed by atoms with van der Waals surface area (Å²) in [5.41, 5.74) is 4.28. The second-order valence-corrected chi connectivity index (χ2v) is 16.4. The summed E-state index contributed by atoms with van der Waals surface area (Å²) < 4.78 is 0. The summed E-state index contributed by atoms with van der Waals surface area (Å²) in [4.78, 5) is 96.0. The van der Waals surface area contributed by atoms with Crippen molar-refractivity contribution in [3.8, 4) is 11.1 Å². The van der Waals surface area contributed by atoms with E-state index in [1.54, 1.807) is 54.6 Å². The summed E-state index contributed by atoms with van der Waals surface area (Å²) in [5, 5.41) is 34.7. The van der Waals surface area contributed by atoms with Crippen LogP contribution in [0.3, 0.4) is 0 Å². The van der Waals surface area contributed by atoms with E-state index in [1.165, 1.54) is 11.3 Å². The van der Waals surface area contributed by atoms with Crippen LogP contribution in [0.5, 0.6) is 0 Å². The Hall–Kier alpha value is -6.97. The van der Waals surface area contributed by atoms with E-state index in [0.717, 1.165) is 16.0 Å². The zero-order chi connectivity index (χ0) is 44.7. The van der Waals surface area contributed by atoms with Crippen LogP contribution in [0, 0.1) is 5.92 Å². The zero-order valence-corrected chi connectivity index (χ0v) is 35.1. The number of fused-ring (bicyclic) bond motifs is 18. The number of Topliss-reactive ketones (excluding diaryl/α,β-unsaturated/α-hetero) is 1. The van der Waals surface area contributed by atoms with Gasteiger partial charge in [-0.05, 0) is 64.2 Å². The Balaban J connectivity index is 1.37. The molecule has 15 heteroatoms. The van der Waals surface area contributed by atoms with E-state index >= 15 is 0 Å². The van der Waals surface area contributed by atoms with Crippen LogP contribution >= 0.6 is 11.3 Å². The molecule has 2 aliphatic heterocycles. The molecule has 7 rings (SSSR count). The fraction of sp³-hybridized carbons (Fsp3) is 0.271. The lowest BCUT2D eigenvalue weighted by molar-refractivity contribution is -0.143. The molecule has 0 spiro atoms. The zero-order valence-electron chi connectivity index (χ0n) is 34.3. The number of aliphatic hydroxyl groups is 1. The number of benzene rings is 4. The monoisotopic (exact) mass is 871 g/mol. The van der Waals surface area contributed by atoms with Crippen LogP contribution in [-0.4, -0.2) is 82.3 Å². The number of thiophene rings is 1. The van der Waals surface area contributed by atoms with Gasteiger partial charge in [0.25, 0.3) is 0 Å². The second-order valence-electron chi connectivity index (χ2n) is 15.4. The number of carboxylic acid groups (broad SMARTS) is 1. The van der Waals surface area contributed by atoms with Gasteiger partial charge in [-0.1, -0.05) is 103 Å². The number of rotatable bonds is 11. The third-order valence-corrected chi connectivity index (χ3v) is 11.6. The summed E-state index contributed by atoms with van der Waals surface area (Å²) in [6, 6.07) is 31.0. The fourth-order valence-corrected chi connectivity index (χ4v) is 7.98. The SMILES string of the molecule is O=C1CCC(=O)N[C@H](Cc2cccs2)C(=O)N[C@@H](Cc2ccc(-c3ccccc3)cc2)C(=O)N[C@H](Cc2ccccc2)C(=O)C[C@H](C(=O)N[C@@H](CO)C(=O)O)Cc2ccc(cc2)N1. The van der Waals surface area contributed by atoms with Gasteiger partial charge in [0, 0.05) is 48.6 Å². The second kappa shape index (κ2) is 22.2. The van der Waals surface area contributed by atoms with Crippen LogP contribution < -0.4 is 26.6 Å². The minimum Gasteiger partial charge on any atom is -0.480 e. The summed E-state index contributed by atoms with van der Waals surface area (Å²) in [7, 11) is 0. The number of carbonyl (C=O) groups is 7. The molecule has 5 aromatic rings. The summed E-state index contributed by atoms with van der Waals surface area (Å²) >= 11 is 1.39. The smallest absolute Gasteiger partial charge is 0.328 e. The van der Waals surface area contributed by atoms with Crippen molar-refractivity contribution in [3.63, 3.8) is 0 Å². The molecule has 0 saturated carbocycles. The highest BCUT2D eigenvalue weighted by atomic mass is 32.1. The van der Waals surface area contributed by atoms with Crippen LogP contribution in [0.15, 0.2) is 127 Å². The van der Waals surface area contributed by atoms with E-state index in [2.05, 4.69) is 26.6 Å². The van der Waals surface area contributed by atoms with Crippen LogP contribution in [0.25, 0.3) is 11.1 Å². The highest BCUT2D eigenvalue weighted by Gasteiger charge is 2.34. The Labute approximate surface area is 368 Å². The molecule has 4 aromatic carbocycles. The molecule has 0 unspecified atom stereocenters. The molecule has 2 aliphatic rings. The topological polar surface area (TPSA) is 220 Å². The van der Waals surface area contributed by atoms with Crippen molar-refractivity contribution in [1.29, 1.82) is 0 Å². The number of ketones is 1. The van der Waals surface area contributed by atoms with E-state index < -0.39 is 84.4 Å². The quantitative estimate of drug-likeness (QED) is 0.0953. The van der Waals surface area contributed by atoms with Gasteiger partial charge in [-0.2, -0.15) is 0 Å². The molecule has 0 fully saturated rings. The molecule has 0 saturated heterocycles. The van der Waals surface area contributed by atoms with Crippen molar-refractivity contribution in [2.24, 2.45) is 5.92 Å². The van der Waals surface area contributed by atoms with Crippen molar-refractivity contribution >= 4 is 58.3 Å². The lowest BCUT2D eigenvalue weighted by Gasteiger charge is -2.26. The summed E-state index contributed by atoms with van der Waals surface area (Å²) in [5.74, 6) is -6.33. The lowest BCUT2D eigenvalue weighted by atomic mass is 9.89. The first-order valence-corrected chi connectivity index (χ1v) is 21.5. The molecule has 63 heavy (non-hydrogen) atoms. The van der Waals surface area contributed by atoms with E-state index in [4.69, 9.17) is 0 Å². The first-order valence-electron chi connectivity index (χ1n) is 20.6. The molecule has 14 nitrogen and oxygen atoms in total. The van der Waals surface area contributed by atoms with Gasteiger partial charge >= 0.3 is 5.97 Å². The number of hydrogen-bond acceptors (Lipinski definition) is 9. The largest absolute Gasteiger partial charge is 0.480 e. The number of aliphatic carboxylic acids is 1. The minimum absolute atomic E-state index is 0.00266. The summed E-state index contributed by atoms with van der Waals surface area (Å²) in [6.45, 7) is -0.889. The van der Waals surface area contributed by atoms with Gasteiger partial charge in [0.1, 0.15) is 18.1 Å². The molecule has 0 radical (unpaired) electrons. The molecule has 1 aromatic heterocycles. The van der Waals surface area contributed by atoms with E-state index in [1.807, 2.05) is 72.1 Å². The third-order valence-electron chi connectivity index (χ3n) is 10.7. The Morgan fingerprint density at radius 1 is 0.635 bits per heavy atom. The standard InChI is InChI=1S/C48H49N5O9S/c54-29-41(48(61)62)53-45(58)35-24-31-15-19-36(20-16-31)49-43(56)21-22-44(57)50-40(28-37-12-7-23-63-37)47(60)52-39(26-32-13-17-34(18-14-32)33-10-5-2-6-11-33)46(59)51-38(42(55)27-35)25-30-8-3-1-4-9-30/h1-20,23,35,38-41,54H,21-22,24-29H2,(H,49,56)(H,50,57)(H,51,59)(H,52,60)(H,53,58)(H,61,62)/t35-,38-,39+,40-,41+/m1/s1. The molecule has 326 valence electrons. The van der Waals surface area contributed by atoms with Crippen LogP contribution in [-0.2, 0) is 59.2 Å². The predicted molar refractivity (Wildman–Crippen MR) is 237 cm³/mol. The number of nitrogens with one attached hydrogen (secondary N) is 5. The van der Waals surface area contributed by atoms with Crippen molar-refractivity contribution in [3.05, 3.63) is 148 Å². The third kappa shape index (κ3) is 13.5. The van der Waals surface area contributed by atoms with Crippen molar-refractivity contribution in [2.75, 3.05) is 11.9 Å². The average Bonchev–Trinajstić information content (AvgIpc) is 3.81. The maximum absolute atomic E-state index is 14.6. The van der Waals surface area contributed by atoms with Crippen LogP contribution in [0.1, 0.15) is 40.8 Å². The summed E-state index contributed by atoms with van der Waals surface area (Å²) in [6.07, 6.45) is -0.796. The highest BCUT2D eigenvalue weighted by Crippen LogP contribution is 2.22. The Morgan fingerprint density at radius 2 is 1.22 bits per heavy atom. The van der Waals surface area contributed by atoms with Gasteiger partial charge in [0.2, 0.25) is 29.5 Å². The molecule has 0 aliphatic carbocycles. The van der Waals surface area contributed by atoms with Crippen LogP contribution in [0.2, 0.25) is 0 Å². The van der Waals surface area contributed by atoms with E-state index in [9.17, 15) is 43.8 Å². The number of amides is 5. The normalized spacial score (nSPS) is 19.7. The number of anilines is 1. The Kier molecular flexibility index (Phi) is 16.1. The molecular weight excluding hydrogens is 823 g/mol. The van der Waals surface area contributed by atoms with Crippen molar-refractivity contribution in [1.82, 2.24) is 21.3 Å². The highest BCUT2D eigenvalue weighted by molar-refractivity contribution is 7.09. The first kappa shape index (κ1) is 45.6. The number of carboxylic acids is 1. The van der Waals surface area contributed by atoms with E-state index in [0.29, 0.717) is 22.4 Å². The molecule has 5 atom stereocenters. The van der Waals surface area contributed by atoms with Gasteiger partial charge in [0.15, 0.2) is 5.78 Å². The molecule has 5 amide bonds. The van der Waals surface area contributed by atoms with Gasteiger partial charge in [0.05, 0.1) is 12.6 Å². The Bertz CT molecular complexity index is 2360. The van der Waals surface area contributed by atoms with Gasteiger partial charge < -0.3 is 36.8 Å². The number of aliphatic hydroxyl groups excluding tert-OH is 1. The Morgan fingerprint density at radius 3 is 1.86 bits per heavy atom. The van der Waals surface area contributed by atoms with E-state index in [-0.39, 0.29) is 38.5 Å². The first-order chi connectivity index (χ1) is 30.4. The lowest BCUT2D eigenvalue weighted by Crippen LogP contribution is -2.57. The molecule has 2 bridgehead atoms. The maximum atomic E-state index is 14.6. The van der Waals surface area contributed by atoms with Crippen molar-refractivity contribution < 1.29 is 43.8 Å². The number of hydrogen-bond donors (Lipinski definition) is 7. The molecule has 7 N–H and O–H groups in total.